The number of nitrogens with zero attached hydrogens (tertiary/aromatic N) is 1. The summed E-state index contributed by atoms with van der Waals surface area (Å²) in [4.78, 5) is 28.9. The lowest BCUT2D eigenvalue weighted by Crippen LogP contribution is -2.19. The zero-order valence-corrected chi connectivity index (χ0v) is 14.5. The van der Waals surface area contributed by atoms with Crippen molar-refractivity contribution in [1.29, 1.82) is 0 Å². The fraction of sp³-hybridized carbons (Fsp3) is 0.105. The molecule has 0 atom stereocenters. The molecule has 3 rings (SSSR count). The lowest BCUT2D eigenvalue weighted by atomic mass is 10.1. The quantitative estimate of drug-likeness (QED) is 0.752. The molecule has 0 radical (unpaired) electrons. The predicted molar refractivity (Wildman–Crippen MR) is 99.3 cm³/mol. The summed E-state index contributed by atoms with van der Waals surface area (Å²) in [6.07, 6.45) is 0. The normalized spacial score (nSPS) is 10.5. The summed E-state index contributed by atoms with van der Waals surface area (Å²) in [6.45, 7) is 1.79. The van der Waals surface area contributed by atoms with E-state index in [4.69, 9.17) is 11.6 Å². The number of amides is 2. The molecule has 3 aromatic rings. The van der Waals surface area contributed by atoms with Gasteiger partial charge in [-0.15, -0.1) is 0 Å². The number of pyridine rings is 1. The maximum Gasteiger partial charge on any atom is 0.257 e. The molecule has 2 aromatic carbocycles. The first kappa shape index (κ1) is 16.9. The second-order valence-corrected chi connectivity index (χ2v) is 5.95. The van der Waals surface area contributed by atoms with Crippen LogP contribution in [0.4, 0.5) is 5.69 Å². The van der Waals surface area contributed by atoms with Crippen molar-refractivity contribution >= 4 is 40.0 Å². The van der Waals surface area contributed by atoms with Crippen LogP contribution in [0.1, 0.15) is 26.4 Å². The van der Waals surface area contributed by atoms with Gasteiger partial charge in [0.05, 0.1) is 27.4 Å². The van der Waals surface area contributed by atoms with Crippen molar-refractivity contribution in [3.05, 3.63) is 70.4 Å². The molecule has 2 amide bonds. The number of anilines is 1. The number of halogens is 1. The van der Waals surface area contributed by atoms with E-state index < -0.39 is 0 Å². The van der Waals surface area contributed by atoms with Crippen LogP contribution in [0.25, 0.3) is 10.9 Å². The average molecular weight is 354 g/mol. The molecule has 0 aliphatic rings. The highest BCUT2D eigenvalue weighted by atomic mass is 35.5. The largest absolute Gasteiger partial charge is 0.355 e. The molecule has 126 valence electrons. The van der Waals surface area contributed by atoms with E-state index >= 15 is 0 Å². The van der Waals surface area contributed by atoms with Crippen LogP contribution < -0.4 is 10.6 Å². The number of carbonyl (C=O) groups is 2. The average Bonchev–Trinajstić information content (AvgIpc) is 2.62. The van der Waals surface area contributed by atoms with Gasteiger partial charge in [0.1, 0.15) is 0 Å². The molecule has 0 aliphatic heterocycles. The first-order chi connectivity index (χ1) is 12.0. The minimum atomic E-state index is -0.315. The summed E-state index contributed by atoms with van der Waals surface area (Å²) in [7, 11) is 1.52. The molecule has 6 heteroatoms. The van der Waals surface area contributed by atoms with Crippen LogP contribution in [0, 0.1) is 6.92 Å². The second-order valence-electron chi connectivity index (χ2n) is 5.54. The Morgan fingerprint density at radius 2 is 1.76 bits per heavy atom. The number of rotatable bonds is 3. The summed E-state index contributed by atoms with van der Waals surface area (Å²) in [5, 5.41) is 6.52. The van der Waals surface area contributed by atoms with Crippen molar-refractivity contribution in [3.63, 3.8) is 0 Å². The number of hydrogen-bond acceptors (Lipinski definition) is 3. The zero-order chi connectivity index (χ0) is 18.0. The van der Waals surface area contributed by atoms with E-state index in [2.05, 4.69) is 15.6 Å². The Balaban J connectivity index is 1.92. The van der Waals surface area contributed by atoms with Crippen LogP contribution in [-0.2, 0) is 0 Å². The van der Waals surface area contributed by atoms with Gasteiger partial charge in [0.25, 0.3) is 11.8 Å². The van der Waals surface area contributed by atoms with E-state index in [9.17, 15) is 9.59 Å². The topological polar surface area (TPSA) is 71.1 Å². The van der Waals surface area contributed by atoms with E-state index in [1.807, 2.05) is 30.3 Å². The number of carbonyl (C=O) groups excluding carboxylic acids is 2. The number of fused-ring (bicyclic) bond motifs is 1. The predicted octanol–water partition coefficient (Wildman–Crippen LogP) is 3.81. The Labute approximate surface area is 150 Å². The van der Waals surface area contributed by atoms with Gasteiger partial charge in [0.15, 0.2) is 0 Å². The molecular formula is C19H16ClN3O2. The lowest BCUT2D eigenvalue weighted by Gasteiger charge is -2.10. The van der Waals surface area contributed by atoms with Gasteiger partial charge in [0.2, 0.25) is 0 Å². The maximum absolute atomic E-state index is 12.6. The van der Waals surface area contributed by atoms with E-state index in [1.165, 1.54) is 7.05 Å². The SMILES string of the molecule is CNC(=O)c1cc(NC(=O)c2cc3ccccc3nc2C)ccc1Cl. The maximum atomic E-state index is 12.6. The number of para-hydroxylation sites is 1. The van der Waals surface area contributed by atoms with Gasteiger partial charge >= 0.3 is 0 Å². The summed E-state index contributed by atoms with van der Waals surface area (Å²) >= 11 is 6.03. The van der Waals surface area contributed by atoms with Crippen LogP contribution in [0.2, 0.25) is 5.02 Å². The van der Waals surface area contributed by atoms with Crippen molar-refractivity contribution in [2.45, 2.75) is 6.92 Å². The highest BCUT2D eigenvalue weighted by Gasteiger charge is 2.14. The monoisotopic (exact) mass is 353 g/mol. The number of aromatic nitrogens is 1. The number of benzene rings is 2. The highest BCUT2D eigenvalue weighted by Crippen LogP contribution is 2.22. The van der Waals surface area contributed by atoms with Gasteiger partial charge in [0, 0.05) is 18.1 Å². The molecule has 1 aromatic heterocycles. The number of hydrogen-bond donors (Lipinski definition) is 2. The summed E-state index contributed by atoms with van der Waals surface area (Å²) in [5.74, 6) is -0.606. The van der Waals surface area contributed by atoms with Gasteiger partial charge in [-0.05, 0) is 37.3 Å². The van der Waals surface area contributed by atoms with Gasteiger partial charge < -0.3 is 10.6 Å². The van der Waals surface area contributed by atoms with Crippen molar-refractivity contribution in [2.75, 3.05) is 12.4 Å². The molecule has 0 unspecified atom stereocenters. The Morgan fingerprint density at radius 3 is 2.52 bits per heavy atom. The van der Waals surface area contributed by atoms with Crippen molar-refractivity contribution < 1.29 is 9.59 Å². The fourth-order valence-electron chi connectivity index (χ4n) is 2.55. The van der Waals surface area contributed by atoms with Crippen molar-refractivity contribution in [1.82, 2.24) is 10.3 Å². The Bertz CT molecular complexity index is 986. The van der Waals surface area contributed by atoms with E-state index in [-0.39, 0.29) is 11.8 Å². The van der Waals surface area contributed by atoms with Crippen LogP contribution in [0.5, 0.6) is 0 Å². The summed E-state index contributed by atoms with van der Waals surface area (Å²) in [5.41, 5.74) is 2.74. The van der Waals surface area contributed by atoms with E-state index in [1.54, 1.807) is 25.1 Å². The summed E-state index contributed by atoms with van der Waals surface area (Å²) in [6, 6.07) is 14.2. The first-order valence-corrected chi connectivity index (χ1v) is 8.07. The molecule has 5 nitrogen and oxygen atoms in total. The molecule has 0 bridgehead atoms. The number of nitrogens with one attached hydrogen (secondary N) is 2. The minimum absolute atomic E-state index is 0.291. The smallest absolute Gasteiger partial charge is 0.257 e. The molecule has 0 spiro atoms. The fourth-order valence-corrected chi connectivity index (χ4v) is 2.76. The van der Waals surface area contributed by atoms with Crippen LogP contribution in [0.3, 0.4) is 0 Å². The molecular weight excluding hydrogens is 338 g/mol. The third kappa shape index (κ3) is 3.46. The van der Waals surface area contributed by atoms with Crippen LogP contribution in [-0.4, -0.2) is 23.8 Å². The molecule has 2 N–H and O–H groups in total. The zero-order valence-electron chi connectivity index (χ0n) is 13.8. The van der Waals surface area contributed by atoms with Gasteiger partial charge in [-0.1, -0.05) is 29.8 Å². The first-order valence-electron chi connectivity index (χ1n) is 7.69. The Hall–Kier alpha value is -2.92. The van der Waals surface area contributed by atoms with E-state index in [0.717, 1.165) is 10.9 Å². The Kier molecular flexibility index (Phi) is 4.67. The molecule has 0 fully saturated rings. The second kappa shape index (κ2) is 6.91. The minimum Gasteiger partial charge on any atom is -0.355 e. The van der Waals surface area contributed by atoms with Crippen LogP contribution in [0.15, 0.2) is 48.5 Å². The molecule has 25 heavy (non-hydrogen) atoms. The lowest BCUT2D eigenvalue weighted by molar-refractivity contribution is 0.0961. The standard InChI is InChI=1S/C19H16ClN3O2/c1-11-14(9-12-5-3-4-6-17(12)22-11)19(25)23-13-7-8-16(20)15(10-13)18(24)21-2/h3-10H,1-2H3,(H,21,24)(H,23,25). The van der Waals surface area contributed by atoms with E-state index in [0.29, 0.717) is 27.5 Å². The van der Waals surface area contributed by atoms with Gasteiger partial charge in [-0.2, -0.15) is 0 Å². The highest BCUT2D eigenvalue weighted by molar-refractivity contribution is 6.34. The Morgan fingerprint density at radius 1 is 1.00 bits per heavy atom. The van der Waals surface area contributed by atoms with Gasteiger partial charge in [-0.25, -0.2) is 0 Å². The van der Waals surface area contributed by atoms with Crippen LogP contribution >= 0.6 is 11.6 Å². The molecule has 0 aliphatic carbocycles. The third-order valence-corrected chi connectivity index (χ3v) is 4.18. The van der Waals surface area contributed by atoms with Gasteiger partial charge in [-0.3, -0.25) is 14.6 Å². The number of aryl methyl sites for hydroxylation is 1. The molecule has 1 heterocycles. The molecule has 0 saturated heterocycles. The summed E-state index contributed by atoms with van der Waals surface area (Å²) < 4.78 is 0. The van der Waals surface area contributed by atoms with Crippen molar-refractivity contribution in [3.8, 4) is 0 Å². The molecule has 0 saturated carbocycles. The van der Waals surface area contributed by atoms with Crippen molar-refractivity contribution in [2.24, 2.45) is 0 Å². The third-order valence-electron chi connectivity index (χ3n) is 3.86.